The predicted molar refractivity (Wildman–Crippen MR) is 60.4 cm³/mol. The van der Waals surface area contributed by atoms with Crippen LogP contribution < -0.4 is 10.6 Å². The van der Waals surface area contributed by atoms with E-state index in [1.807, 2.05) is 17.1 Å². The van der Waals surface area contributed by atoms with Crippen molar-refractivity contribution in [1.82, 2.24) is 9.88 Å². The van der Waals surface area contributed by atoms with Crippen LogP contribution >= 0.6 is 0 Å². The normalized spacial score (nSPS) is 16.2. The van der Waals surface area contributed by atoms with Gasteiger partial charge in [-0.3, -0.25) is 4.99 Å². The fraction of sp³-hybridized carbons (Fsp3) is 0.0833. The van der Waals surface area contributed by atoms with E-state index in [-0.39, 0.29) is 5.69 Å². The lowest BCUT2D eigenvalue weighted by Gasteiger charge is -2.12. The number of nitrogens with zero attached hydrogens (tertiary/aromatic N) is 3. The molecule has 5 nitrogen and oxygen atoms in total. The summed E-state index contributed by atoms with van der Waals surface area (Å²) < 4.78 is 0. The Labute approximate surface area is 96.7 Å². The van der Waals surface area contributed by atoms with Crippen LogP contribution in [0.4, 0.5) is 0 Å². The number of allylic oxidation sites excluding steroid dienone is 1. The van der Waals surface area contributed by atoms with E-state index in [0.717, 1.165) is 12.2 Å². The summed E-state index contributed by atoms with van der Waals surface area (Å²) in [6, 6.07) is 1.71. The summed E-state index contributed by atoms with van der Waals surface area (Å²) in [4.78, 5) is 21.2. The molecule has 1 N–H and O–H groups in total. The number of carbonyl (C=O) groups is 1. The molecule has 0 aromatic carbocycles. The van der Waals surface area contributed by atoms with E-state index in [4.69, 9.17) is 5.11 Å². The number of carboxylic acids is 1. The summed E-state index contributed by atoms with van der Waals surface area (Å²) in [5, 5.41) is 10.3. The van der Waals surface area contributed by atoms with E-state index in [9.17, 15) is 4.79 Å². The van der Waals surface area contributed by atoms with Crippen molar-refractivity contribution in [2.75, 3.05) is 6.54 Å². The van der Waals surface area contributed by atoms with Crippen molar-refractivity contribution in [2.45, 2.75) is 0 Å². The molecule has 1 aromatic heterocycles. The standard InChI is InChI=1S/C12H9N3O2/c16-12(17)11-9-7-15-5-1-2-8(15)6-14-10(9)3-4-13-11/h1-4,6-7H,5H2,(H,16,17). The number of fused-ring (bicyclic) bond motifs is 2. The summed E-state index contributed by atoms with van der Waals surface area (Å²) in [5.41, 5.74) is 0.991. The minimum Gasteiger partial charge on any atom is -0.476 e. The minimum absolute atomic E-state index is 0.0350. The van der Waals surface area contributed by atoms with E-state index in [1.54, 1.807) is 18.5 Å². The first-order valence-electron chi connectivity index (χ1n) is 5.17. The van der Waals surface area contributed by atoms with Crippen LogP contribution in [0.5, 0.6) is 0 Å². The molecule has 2 aliphatic heterocycles. The zero-order valence-corrected chi connectivity index (χ0v) is 8.87. The van der Waals surface area contributed by atoms with Crippen molar-refractivity contribution >= 4 is 12.2 Å². The molecule has 17 heavy (non-hydrogen) atoms. The maximum Gasteiger partial charge on any atom is 0.355 e. The average Bonchev–Trinajstić information content (AvgIpc) is 2.67. The number of pyridine rings is 1. The Kier molecular flexibility index (Phi) is 2.04. The number of aromatic nitrogens is 1. The molecule has 0 saturated carbocycles. The number of rotatable bonds is 1. The van der Waals surface area contributed by atoms with Crippen molar-refractivity contribution < 1.29 is 9.90 Å². The van der Waals surface area contributed by atoms with Crippen LogP contribution in [0.2, 0.25) is 0 Å². The van der Waals surface area contributed by atoms with Gasteiger partial charge >= 0.3 is 5.97 Å². The molecule has 0 aliphatic carbocycles. The highest BCUT2D eigenvalue weighted by molar-refractivity contribution is 5.85. The monoisotopic (exact) mass is 227 g/mol. The maximum atomic E-state index is 11.1. The van der Waals surface area contributed by atoms with Gasteiger partial charge in [-0.1, -0.05) is 6.08 Å². The smallest absolute Gasteiger partial charge is 0.355 e. The lowest BCUT2D eigenvalue weighted by Crippen LogP contribution is -2.33. The second kappa shape index (κ2) is 3.55. The Balaban J connectivity index is 2.32. The summed E-state index contributed by atoms with van der Waals surface area (Å²) in [6.07, 6.45) is 8.94. The quantitative estimate of drug-likeness (QED) is 0.725. The van der Waals surface area contributed by atoms with Gasteiger partial charge in [-0.25, -0.2) is 9.78 Å². The maximum absolute atomic E-state index is 11.1. The topological polar surface area (TPSA) is 65.8 Å². The molecule has 84 valence electrons. The molecule has 5 heteroatoms. The SMILES string of the molecule is O=C(O)c1nccc2c1=CN1CC=CC1=CN=2. The first-order chi connectivity index (χ1) is 8.25. The average molecular weight is 227 g/mol. The Morgan fingerprint density at radius 1 is 1.47 bits per heavy atom. The van der Waals surface area contributed by atoms with Crippen LogP contribution in [-0.2, 0) is 0 Å². The zero-order valence-electron chi connectivity index (χ0n) is 8.87. The number of aromatic carboxylic acids is 1. The molecule has 0 fully saturated rings. The lowest BCUT2D eigenvalue weighted by molar-refractivity contribution is 0.0689. The fourth-order valence-corrected chi connectivity index (χ4v) is 1.90. The highest BCUT2D eigenvalue weighted by Gasteiger charge is 2.14. The second-order valence-corrected chi connectivity index (χ2v) is 3.76. The van der Waals surface area contributed by atoms with Gasteiger partial charge < -0.3 is 10.0 Å². The second-order valence-electron chi connectivity index (χ2n) is 3.76. The first-order valence-corrected chi connectivity index (χ1v) is 5.17. The highest BCUT2D eigenvalue weighted by Crippen LogP contribution is 2.14. The number of hydrogen-bond donors (Lipinski definition) is 1. The van der Waals surface area contributed by atoms with Gasteiger partial charge in [0.1, 0.15) is 0 Å². The van der Waals surface area contributed by atoms with Gasteiger partial charge in [-0.15, -0.1) is 0 Å². The zero-order chi connectivity index (χ0) is 11.8. The minimum atomic E-state index is -1.04. The number of hydrogen-bond acceptors (Lipinski definition) is 4. The van der Waals surface area contributed by atoms with Gasteiger partial charge in [0, 0.05) is 24.2 Å². The van der Waals surface area contributed by atoms with Crippen molar-refractivity contribution in [3.05, 3.63) is 52.6 Å². The first kappa shape index (κ1) is 9.77. The van der Waals surface area contributed by atoms with Gasteiger partial charge in [0.25, 0.3) is 0 Å². The van der Waals surface area contributed by atoms with Gasteiger partial charge in [-0.2, -0.15) is 0 Å². The van der Waals surface area contributed by atoms with Crippen LogP contribution in [0.1, 0.15) is 10.5 Å². The lowest BCUT2D eigenvalue weighted by atomic mass is 10.2. The van der Waals surface area contributed by atoms with Gasteiger partial charge in [0.05, 0.1) is 17.3 Å². The van der Waals surface area contributed by atoms with Crippen LogP contribution in [0, 0.1) is 0 Å². The third-order valence-corrected chi connectivity index (χ3v) is 2.71. The van der Waals surface area contributed by atoms with E-state index in [0.29, 0.717) is 10.6 Å². The Morgan fingerprint density at radius 3 is 3.18 bits per heavy atom. The molecule has 1 aromatic rings. The molecule has 0 bridgehead atoms. The van der Waals surface area contributed by atoms with E-state index in [1.165, 1.54) is 6.20 Å². The number of carboxylic acid groups (broad SMARTS) is 1. The molecule has 3 heterocycles. The fourth-order valence-electron chi connectivity index (χ4n) is 1.90. The van der Waals surface area contributed by atoms with E-state index < -0.39 is 5.97 Å². The molecule has 0 atom stereocenters. The molecule has 0 amide bonds. The van der Waals surface area contributed by atoms with E-state index in [2.05, 4.69) is 9.98 Å². The molecule has 0 radical (unpaired) electrons. The highest BCUT2D eigenvalue weighted by atomic mass is 16.4. The summed E-state index contributed by atoms with van der Waals surface area (Å²) in [7, 11) is 0. The van der Waals surface area contributed by atoms with Gasteiger partial charge in [-0.05, 0) is 12.1 Å². The van der Waals surface area contributed by atoms with Crippen LogP contribution in [0.25, 0.3) is 6.20 Å². The molecule has 0 unspecified atom stereocenters. The van der Waals surface area contributed by atoms with Gasteiger partial charge in [0.2, 0.25) is 0 Å². The van der Waals surface area contributed by atoms with E-state index >= 15 is 0 Å². The van der Waals surface area contributed by atoms with Crippen LogP contribution in [0.15, 0.2) is 41.3 Å². The molecular weight excluding hydrogens is 218 g/mol. The summed E-state index contributed by atoms with van der Waals surface area (Å²) >= 11 is 0. The third-order valence-electron chi connectivity index (χ3n) is 2.71. The Morgan fingerprint density at radius 2 is 2.35 bits per heavy atom. The van der Waals surface area contributed by atoms with Crippen molar-refractivity contribution in [3.8, 4) is 0 Å². The van der Waals surface area contributed by atoms with Crippen molar-refractivity contribution in [2.24, 2.45) is 4.99 Å². The van der Waals surface area contributed by atoms with Gasteiger partial charge in [0.15, 0.2) is 5.69 Å². The third kappa shape index (κ3) is 1.52. The Bertz CT molecular complexity index is 673. The van der Waals surface area contributed by atoms with Crippen molar-refractivity contribution in [3.63, 3.8) is 0 Å². The van der Waals surface area contributed by atoms with Crippen molar-refractivity contribution in [1.29, 1.82) is 0 Å². The summed E-state index contributed by atoms with van der Waals surface area (Å²) in [5.74, 6) is -1.04. The predicted octanol–water partition coefficient (Wildman–Crippen LogP) is -0.136. The largest absolute Gasteiger partial charge is 0.476 e. The van der Waals surface area contributed by atoms with Crippen LogP contribution in [0.3, 0.4) is 0 Å². The summed E-state index contributed by atoms with van der Waals surface area (Å²) in [6.45, 7) is 0.731. The molecule has 0 spiro atoms. The molecule has 3 rings (SSSR count). The molecule has 2 aliphatic rings. The molecule has 0 saturated heterocycles. The Hall–Kier alpha value is -2.43. The van der Waals surface area contributed by atoms with Crippen LogP contribution in [-0.4, -0.2) is 27.5 Å². The molecular formula is C12H9N3O2.